The van der Waals surface area contributed by atoms with Crippen molar-refractivity contribution >= 4 is 34.1 Å². The topological polar surface area (TPSA) is 81.9 Å². The van der Waals surface area contributed by atoms with Crippen molar-refractivity contribution in [1.29, 1.82) is 0 Å². The Bertz CT molecular complexity index is 1160. The number of thioether (sulfide) groups is 1. The summed E-state index contributed by atoms with van der Waals surface area (Å²) in [5, 5.41) is 14.7. The maximum atomic E-state index is 12.4. The van der Waals surface area contributed by atoms with Gasteiger partial charge in [0.1, 0.15) is 5.75 Å². The zero-order chi connectivity index (χ0) is 21.6. The van der Waals surface area contributed by atoms with Gasteiger partial charge in [0.15, 0.2) is 16.1 Å². The van der Waals surface area contributed by atoms with Gasteiger partial charge in [-0.05, 0) is 31.2 Å². The lowest BCUT2D eigenvalue weighted by molar-refractivity contribution is -0.113. The SMILES string of the molecule is CCn1c(SCC(=O)Nc2nc(-c3ccccc3)cs2)nnc1-c1ccc(OC)cc1. The smallest absolute Gasteiger partial charge is 0.236 e. The molecule has 0 spiro atoms. The predicted octanol–water partition coefficient (Wildman–Crippen LogP) is 4.83. The molecule has 7 nitrogen and oxygen atoms in total. The van der Waals surface area contributed by atoms with E-state index in [-0.39, 0.29) is 11.7 Å². The summed E-state index contributed by atoms with van der Waals surface area (Å²) in [6.07, 6.45) is 0. The first-order chi connectivity index (χ1) is 15.2. The van der Waals surface area contributed by atoms with Crippen molar-refractivity contribution in [2.75, 3.05) is 18.2 Å². The molecule has 4 aromatic rings. The predicted molar refractivity (Wildman–Crippen MR) is 125 cm³/mol. The molecule has 31 heavy (non-hydrogen) atoms. The van der Waals surface area contributed by atoms with Crippen molar-refractivity contribution in [1.82, 2.24) is 19.7 Å². The first kappa shape index (κ1) is 21.1. The molecular formula is C22H21N5O2S2. The molecule has 0 aliphatic carbocycles. The number of amides is 1. The van der Waals surface area contributed by atoms with Gasteiger partial charge in [-0.2, -0.15) is 0 Å². The average Bonchev–Trinajstić information content (AvgIpc) is 3.45. The number of rotatable bonds is 8. The second-order valence-corrected chi connectivity index (χ2v) is 8.32. The van der Waals surface area contributed by atoms with Crippen LogP contribution in [0.1, 0.15) is 6.92 Å². The Hall–Kier alpha value is -3.17. The van der Waals surface area contributed by atoms with Crippen LogP contribution in [0.15, 0.2) is 65.1 Å². The van der Waals surface area contributed by atoms with Crippen LogP contribution in [0, 0.1) is 0 Å². The fourth-order valence-electron chi connectivity index (χ4n) is 2.99. The number of ether oxygens (including phenoxy) is 1. The van der Waals surface area contributed by atoms with Crippen LogP contribution < -0.4 is 10.1 Å². The summed E-state index contributed by atoms with van der Waals surface area (Å²) in [5.74, 6) is 1.65. The zero-order valence-electron chi connectivity index (χ0n) is 17.1. The molecule has 0 bridgehead atoms. The van der Waals surface area contributed by atoms with E-state index in [9.17, 15) is 4.79 Å². The van der Waals surface area contributed by atoms with E-state index >= 15 is 0 Å². The van der Waals surface area contributed by atoms with E-state index in [2.05, 4.69) is 20.5 Å². The fourth-order valence-corrected chi connectivity index (χ4v) is 4.53. The van der Waals surface area contributed by atoms with Crippen LogP contribution in [0.2, 0.25) is 0 Å². The fraction of sp³-hybridized carbons (Fsp3) is 0.182. The number of carbonyl (C=O) groups is 1. The molecule has 0 aliphatic rings. The number of nitrogens with one attached hydrogen (secondary N) is 1. The molecule has 158 valence electrons. The van der Waals surface area contributed by atoms with Gasteiger partial charge in [0, 0.05) is 23.1 Å². The number of thiazole rings is 1. The Labute approximate surface area is 188 Å². The maximum Gasteiger partial charge on any atom is 0.236 e. The Balaban J connectivity index is 1.39. The highest BCUT2D eigenvalue weighted by Gasteiger charge is 2.15. The van der Waals surface area contributed by atoms with Crippen LogP contribution in [0.25, 0.3) is 22.6 Å². The second kappa shape index (κ2) is 9.76. The van der Waals surface area contributed by atoms with Crippen LogP contribution in [0.5, 0.6) is 5.75 Å². The van der Waals surface area contributed by atoms with Crippen LogP contribution in [-0.2, 0) is 11.3 Å². The number of aromatic nitrogens is 4. The minimum atomic E-state index is -0.129. The third kappa shape index (κ3) is 4.95. The van der Waals surface area contributed by atoms with Crippen molar-refractivity contribution < 1.29 is 9.53 Å². The van der Waals surface area contributed by atoms with Crippen LogP contribution >= 0.6 is 23.1 Å². The molecule has 1 N–H and O–H groups in total. The van der Waals surface area contributed by atoms with Gasteiger partial charge in [0.25, 0.3) is 0 Å². The lowest BCUT2D eigenvalue weighted by atomic mass is 10.2. The third-order valence-corrected chi connectivity index (χ3v) is 6.26. The lowest BCUT2D eigenvalue weighted by Crippen LogP contribution is -2.14. The van der Waals surface area contributed by atoms with E-state index in [1.807, 2.05) is 71.5 Å². The summed E-state index contributed by atoms with van der Waals surface area (Å²) >= 11 is 2.77. The number of hydrogen-bond donors (Lipinski definition) is 1. The van der Waals surface area contributed by atoms with Gasteiger partial charge in [0.05, 0.1) is 18.6 Å². The molecule has 9 heteroatoms. The van der Waals surface area contributed by atoms with E-state index in [4.69, 9.17) is 4.74 Å². The van der Waals surface area contributed by atoms with Gasteiger partial charge in [0.2, 0.25) is 5.91 Å². The molecule has 2 aromatic carbocycles. The highest BCUT2D eigenvalue weighted by atomic mass is 32.2. The third-order valence-electron chi connectivity index (χ3n) is 4.53. The Morgan fingerprint density at radius 1 is 1.10 bits per heavy atom. The molecule has 0 atom stereocenters. The van der Waals surface area contributed by atoms with E-state index in [0.29, 0.717) is 16.8 Å². The quantitative estimate of drug-likeness (QED) is 0.387. The van der Waals surface area contributed by atoms with Crippen molar-refractivity contribution in [2.45, 2.75) is 18.6 Å². The molecule has 2 heterocycles. The first-order valence-corrected chi connectivity index (χ1v) is 11.6. The maximum absolute atomic E-state index is 12.4. The van der Waals surface area contributed by atoms with Crippen LogP contribution in [0.4, 0.5) is 5.13 Å². The molecule has 0 aliphatic heterocycles. The molecule has 2 aromatic heterocycles. The summed E-state index contributed by atoms with van der Waals surface area (Å²) in [4.78, 5) is 16.9. The molecule has 4 rings (SSSR count). The Kier molecular flexibility index (Phi) is 6.63. The number of anilines is 1. The number of carbonyl (C=O) groups excluding carboxylic acids is 1. The van der Waals surface area contributed by atoms with E-state index in [1.165, 1.54) is 23.1 Å². The normalized spacial score (nSPS) is 10.8. The number of methoxy groups -OCH3 is 1. The largest absolute Gasteiger partial charge is 0.497 e. The molecular weight excluding hydrogens is 430 g/mol. The molecule has 0 saturated carbocycles. The Morgan fingerprint density at radius 2 is 1.87 bits per heavy atom. The van der Waals surface area contributed by atoms with Crippen molar-refractivity contribution in [3.05, 3.63) is 60.0 Å². The zero-order valence-corrected chi connectivity index (χ0v) is 18.7. The molecule has 0 radical (unpaired) electrons. The van der Waals surface area contributed by atoms with Crippen molar-refractivity contribution in [2.24, 2.45) is 0 Å². The monoisotopic (exact) mass is 451 g/mol. The van der Waals surface area contributed by atoms with E-state index < -0.39 is 0 Å². The van der Waals surface area contributed by atoms with Gasteiger partial charge < -0.3 is 14.6 Å². The average molecular weight is 452 g/mol. The summed E-state index contributed by atoms with van der Waals surface area (Å²) in [6, 6.07) is 17.6. The summed E-state index contributed by atoms with van der Waals surface area (Å²) in [5.41, 5.74) is 2.82. The first-order valence-electron chi connectivity index (χ1n) is 9.69. The standard InChI is InChI=1S/C22H21N5O2S2/c1-3-27-20(16-9-11-17(29-2)12-10-16)25-26-22(27)31-14-19(28)24-21-23-18(13-30-21)15-7-5-4-6-8-15/h4-13H,3,14H2,1-2H3,(H,23,24,28). The number of benzene rings is 2. The van der Waals surface area contributed by atoms with E-state index in [1.54, 1.807) is 7.11 Å². The minimum absolute atomic E-state index is 0.129. The summed E-state index contributed by atoms with van der Waals surface area (Å²) in [7, 11) is 1.64. The summed E-state index contributed by atoms with van der Waals surface area (Å²) in [6.45, 7) is 2.73. The van der Waals surface area contributed by atoms with Gasteiger partial charge in [-0.3, -0.25) is 4.79 Å². The van der Waals surface area contributed by atoms with E-state index in [0.717, 1.165) is 28.4 Å². The lowest BCUT2D eigenvalue weighted by Gasteiger charge is -2.08. The molecule has 0 fully saturated rings. The van der Waals surface area contributed by atoms with Crippen LogP contribution in [-0.4, -0.2) is 38.5 Å². The number of hydrogen-bond acceptors (Lipinski definition) is 7. The van der Waals surface area contributed by atoms with Crippen LogP contribution in [0.3, 0.4) is 0 Å². The van der Waals surface area contributed by atoms with Gasteiger partial charge in [-0.25, -0.2) is 4.98 Å². The Morgan fingerprint density at radius 3 is 2.58 bits per heavy atom. The molecule has 0 unspecified atom stereocenters. The molecule has 0 saturated heterocycles. The minimum Gasteiger partial charge on any atom is -0.497 e. The highest BCUT2D eigenvalue weighted by molar-refractivity contribution is 7.99. The number of nitrogens with zero attached hydrogens (tertiary/aromatic N) is 4. The highest BCUT2D eigenvalue weighted by Crippen LogP contribution is 2.27. The van der Waals surface area contributed by atoms with Gasteiger partial charge >= 0.3 is 0 Å². The van der Waals surface area contributed by atoms with Gasteiger partial charge in [-0.1, -0.05) is 42.1 Å². The second-order valence-electron chi connectivity index (χ2n) is 6.52. The van der Waals surface area contributed by atoms with Gasteiger partial charge in [-0.15, -0.1) is 21.5 Å². The molecule has 1 amide bonds. The van der Waals surface area contributed by atoms with Crippen molar-refractivity contribution in [3.63, 3.8) is 0 Å². The van der Waals surface area contributed by atoms with Crippen molar-refractivity contribution in [3.8, 4) is 28.4 Å². The summed E-state index contributed by atoms with van der Waals surface area (Å²) < 4.78 is 7.21.